The maximum atomic E-state index is 12.2. The largest absolute Gasteiger partial charge is 0.347 e. The van der Waals surface area contributed by atoms with E-state index in [-0.39, 0.29) is 18.4 Å². The SMILES string of the molecule is Cc1cccc(CN2CCN(C(=O)CNC(=O)C(C)(C)C)CC2)c1. The van der Waals surface area contributed by atoms with Gasteiger partial charge in [0.05, 0.1) is 6.54 Å². The molecule has 1 fully saturated rings. The number of rotatable bonds is 4. The number of piperazine rings is 1. The number of hydrogen-bond donors (Lipinski definition) is 1. The van der Waals surface area contributed by atoms with Crippen molar-refractivity contribution in [2.45, 2.75) is 34.2 Å². The molecular formula is C19H29N3O2. The Morgan fingerprint density at radius 2 is 1.79 bits per heavy atom. The number of benzene rings is 1. The van der Waals surface area contributed by atoms with Crippen molar-refractivity contribution >= 4 is 11.8 Å². The van der Waals surface area contributed by atoms with Crippen LogP contribution in [0.5, 0.6) is 0 Å². The van der Waals surface area contributed by atoms with Crippen molar-refractivity contribution in [3.05, 3.63) is 35.4 Å². The third-order valence-electron chi connectivity index (χ3n) is 4.30. The second-order valence-corrected chi connectivity index (χ2v) is 7.58. The molecule has 2 amide bonds. The van der Waals surface area contributed by atoms with Gasteiger partial charge in [-0.3, -0.25) is 14.5 Å². The summed E-state index contributed by atoms with van der Waals surface area (Å²) in [4.78, 5) is 28.3. The highest BCUT2D eigenvalue weighted by atomic mass is 16.2. The highest BCUT2D eigenvalue weighted by molar-refractivity contribution is 5.87. The molecule has 5 heteroatoms. The molecule has 1 aromatic rings. The van der Waals surface area contributed by atoms with Crippen LogP contribution in [0.1, 0.15) is 31.9 Å². The zero-order chi connectivity index (χ0) is 17.7. The van der Waals surface area contributed by atoms with Gasteiger partial charge in [-0.15, -0.1) is 0 Å². The number of carbonyl (C=O) groups excluding carboxylic acids is 2. The van der Waals surface area contributed by atoms with Gasteiger partial charge in [-0.25, -0.2) is 0 Å². The first-order chi connectivity index (χ1) is 11.3. The lowest BCUT2D eigenvalue weighted by Gasteiger charge is -2.35. The Hall–Kier alpha value is -1.88. The van der Waals surface area contributed by atoms with E-state index >= 15 is 0 Å². The lowest BCUT2D eigenvalue weighted by Crippen LogP contribution is -2.51. The molecule has 2 rings (SSSR count). The summed E-state index contributed by atoms with van der Waals surface area (Å²) in [6.07, 6.45) is 0. The molecule has 1 saturated heterocycles. The molecule has 0 saturated carbocycles. The molecule has 0 unspecified atom stereocenters. The van der Waals surface area contributed by atoms with Gasteiger partial charge in [0.2, 0.25) is 11.8 Å². The number of hydrogen-bond acceptors (Lipinski definition) is 3. The fourth-order valence-corrected chi connectivity index (χ4v) is 2.76. The first-order valence-corrected chi connectivity index (χ1v) is 8.60. The molecule has 0 spiro atoms. The van der Waals surface area contributed by atoms with E-state index in [2.05, 4.69) is 41.4 Å². The highest BCUT2D eigenvalue weighted by Gasteiger charge is 2.24. The van der Waals surface area contributed by atoms with Gasteiger partial charge in [-0.2, -0.15) is 0 Å². The predicted molar refractivity (Wildman–Crippen MR) is 95.5 cm³/mol. The zero-order valence-electron chi connectivity index (χ0n) is 15.3. The van der Waals surface area contributed by atoms with Crippen molar-refractivity contribution < 1.29 is 9.59 Å². The van der Waals surface area contributed by atoms with Gasteiger partial charge in [0, 0.05) is 38.1 Å². The fourth-order valence-electron chi connectivity index (χ4n) is 2.76. The summed E-state index contributed by atoms with van der Waals surface area (Å²) in [5, 5.41) is 2.73. The lowest BCUT2D eigenvalue weighted by atomic mass is 9.96. The Balaban J connectivity index is 1.76. The maximum Gasteiger partial charge on any atom is 0.242 e. The minimum absolute atomic E-state index is 0.00260. The van der Waals surface area contributed by atoms with Crippen LogP contribution < -0.4 is 5.32 Å². The molecule has 0 bridgehead atoms. The Kier molecular flexibility index (Phi) is 5.99. The molecular weight excluding hydrogens is 302 g/mol. The number of carbonyl (C=O) groups is 2. The normalized spacial score (nSPS) is 16.1. The number of aryl methyl sites for hydroxylation is 1. The van der Waals surface area contributed by atoms with Crippen molar-refractivity contribution in [3.8, 4) is 0 Å². The van der Waals surface area contributed by atoms with Crippen molar-refractivity contribution in [1.82, 2.24) is 15.1 Å². The second kappa shape index (κ2) is 7.79. The standard InChI is InChI=1S/C19H29N3O2/c1-15-6-5-7-16(12-15)14-21-8-10-22(11-9-21)17(23)13-20-18(24)19(2,3)4/h5-7,12H,8-11,13-14H2,1-4H3,(H,20,24). The molecule has 1 N–H and O–H groups in total. The molecule has 1 aliphatic heterocycles. The lowest BCUT2D eigenvalue weighted by molar-refractivity contribution is -0.136. The molecule has 0 aromatic heterocycles. The van der Waals surface area contributed by atoms with E-state index in [1.807, 2.05) is 25.7 Å². The van der Waals surface area contributed by atoms with Crippen LogP contribution in [0.25, 0.3) is 0 Å². The van der Waals surface area contributed by atoms with E-state index in [4.69, 9.17) is 0 Å². The van der Waals surface area contributed by atoms with Crippen LogP contribution in [-0.4, -0.2) is 54.3 Å². The minimum atomic E-state index is -0.465. The summed E-state index contributed by atoms with van der Waals surface area (Å²) in [5.74, 6) is -0.0864. The smallest absolute Gasteiger partial charge is 0.242 e. The fraction of sp³-hybridized carbons (Fsp3) is 0.579. The van der Waals surface area contributed by atoms with Gasteiger partial charge < -0.3 is 10.2 Å². The summed E-state index contributed by atoms with van der Waals surface area (Å²) in [6, 6.07) is 8.54. The van der Waals surface area contributed by atoms with Crippen LogP contribution >= 0.6 is 0 Å². The van der Waals surface area contributed by atoms with Gasteiger partial charge in [0.25, 0.3) is 0 Å². The molecule has 0 aliphatic carbocycles. The van der Waals surface area contributed by atoms with Crippen LogP contribution in [0, 0.1) is 12.3 Å². The highest BCUT2D eigenvalue weighted by Crippen LogP contribution is 2.13. The molecule has 5 nitrogen and oxygen atoms in total. The second-order valence-electron chi connectivity index (χ2n) is 7.58. The monoisotopic (exact) mass is 331 g/mol. The zero-order valence-corrected chi connectivity index (χ0v) is 15.3. The molecule has 0 radical (unpaired) electrons. The topological polar surface area (TPSA) is 52.6 Å². The quantitative estimate of drug-likeness (QED) is 0.915. The van der Waals surface area contributed by atoms with E-state index < -0.39 is 5.41 Å². The van der Waals surface area contributed by atoms with Crippen molar-refractivity contribution in [3.63, 3.8) is 0 Å². The summed E-state index contributed by atoms with van der Waals surface area (Å²) in [7, 11) is 0. The Morgan fingerprint density at radius 1 is 1.12 bits per heavy atom. The van der Waals surface area contributed by atoms with E-state index in [0.717, 1.165) is 32.7 Å². The molecule has 132 valence electrons. The van der Waals surface area contributed by atoms with Crippen LogP contribution in [0.4, 0.5) is 0 Å². The number of nitrogens with one attached hydrogen (secondary N) is 1. The molecule has 24 heavy (non-hydrogen) atoms. The van der Waals surface area contributed by atoms with Crippen molar-refractivity contribution in [2.24, 2.45) is 5.41 Å². The van der Waals surface area contributed by atoms with E-state index in [1.165, 1.54) is 11.1 Å². The third kappa shape index (κ3) is 5.34. The summed E-state index contributed by atoms with van der Waals surface area (Å²) < 4.78 is 0. The van der Waals surface area contributed by atoms with Gasteiger partial charge >= 0.3 is 0 Å². The van der Waals surface area contributed by atoms with Crippen LogP contribution in [-0.2, 0) is 16.1 Å². The maximum absolute atomic E-state index is 12.2. The van der Waals surface area contributed by atoms with Crippen LogP contribution in [0.2, 0.25) is 0 Å². The van der Waals surface area contributed by atoms with Gasteiger partial charge in [0.1, 0.15) is 0 Å². The van der Waals surface area contributed by atoms with Crippen molar-refractivity contribution in [1.29, 1.82) is 0 Å². The van der Waals surface area contributed by atoms with E-state index in [9.17, 15) is 9.59 Å². The van der Waals surface area contributed by atoms with Gasteiger partial charge in [0.15, 0.2) is 0 Å². The summed E-state index contributed by atoms with van der Waals surface area (Å²) >= 11 is 0. The third-order valence-corrected chi connectivity index (χ3v) is 4.30. The Morgan fingerprint density at radius 3 is 2.38 bits per heavy atom. The first kappa shape index (κ1) is 18.5. The van der Waals surface area contributed by atoms with Crippen molar-refractivity contribution in [2.75, 3.05) is 32.7 Å². The average molecular weight is 331 g/mol. The first-order valence-electron chi connectivity index (χ1n) is 8.60. The van der Waals surface area contributed by atoms with E-state index in [0.29, 0.717) is 0 Å². The number of amides is 2. The van der Waals surface area contributed by atoms with Gasteiger partial charge in [-0.1, -0.05) is 50.6 Å². The molecule has 1 aliphatic rings. The van der Waals surface area contributed by atoms with Gasteiger partial charge in [-0.05, 0) is 12.5 Å². The summed E-state index contributed by atoms with van der Waals surface area (Å²) in [5.41, 5.74) is 2.12. The Bertz CT molecular complexity index is 585. The number of nitrogens with zero attached hydrogens (tertiary/aromatic N) is 2. The average Bonchev–Trinajstić information content (AvgIpc) is 2.52. The van der Waals surface area contributed by atoms with E-state index in [1.54, 1.807) is 0 Å². The van der Waals surface area contributed by atoms with Crippen LogP contribution in [0.15, 0.2) is 24.3 Å². The molecule has 1 aromatic carbocycles. The Labute approximate surface area is 145 Å². The summed E-state index contributed by atoms with van der Waals surface area (Å²) in [6.45, 7) is 11.8. The molecule has 1 heterocycles. The molecule has 0 atom stereocenters. The van der Waals surface area contributed by atoms with Crippen LogP contribution in [0.3, 0.4) is 0 Å². The minimum Gasteiger partial charge on any atom is -0.347 e. The predicted octanol–water partition coefficient (Wildman–Crippen LogP) is 1.80.